The van der Waals surface area contributed by atoms with Crippen LogP contribution in [0, 0.1) is 12.8 Å². The molecule has 0 spiro atoms. The van der Waals surface area contributed by atoms with Crippen LogP contribution < -0.4 is 0 Å². The largest absolute Gasteiger partial charge is 0.465 e. The predicted molar refractivity (Wildman–Crippen MR) is 99.7 cm³/mol. The Morgan fingerprint density at radius 2 is 1.96 bits per heavy atom. The van der Waals surface area contributed by atoms with Crippen LogP contribution in [-0.4, -0.2) is 32.7 Å². The molecule has 0 radical (unpaired) electrons. The van der Waals surface area contributed by atoms with Gasteiger partial charge in [0.25, 0.3) is 0 Å². The predicted octanol–water partition coefficient (Wildman–Crippen LogP) is 4.32. The first-order valence-corrected chi connectivity index (χ1v) is 9.30. The van der Waals surface area contributed by atoms with Gasteiger partial charge in [-0.2, -0.15) is 0 Å². The first-order valence-electron chi connectivity index (χ1n) is 8.92. The Kier molecular flexibility index (Phi) is 4.31. The van der Waals surface area contributed by atoms with Crippen molar-refractivity contribution in [3.8, 4) is 0 Å². The van der Waals surface area contributed by atoms with Gasteiger partial charge in [-0.3, -0.25) is 4.40 Å². The maximum Gasteiger partial charge on any atom is 0.338 e. The molecule has 3 aromatic rings. The Morgan fingerprint density at radius 1 is 1.23 bits per heavy atom. The highest BCUT2D eigenvalue weighted by molar-refractivity contribution is 6.32. The summed E-state index contributed by atoms with van der Waals surface area (Å²) in [6.07, 6.45) is 4.59. The molecule has 1 aromatic carbocycles. The minimum atomic E-state index is -0.382. The van der Waals surface area contributed by atoms with Gasteiger partial charge >= 0.3 is 5.97 Å². The number of halogens is 1. The third-order valence-corrected chi connectivity index (χ3v) is 5.69. The molecule has 2 aromatic heterocycles. The molecule has 0 saturated heterocycles. The molecule has 1 aliphatic carbocycles. The van der Waals surface area contributed by atoms with E-state index in [1.807, 2.05) is 17.4 Å². The van der Waals surface area contributed by atoms with Gasteiger partial charge in [-0.25, -0.2) is 9.78 Å². The molecule has 0 atom stereocenters. The number of aromatic nitrogens is 4. The molecule has 136 valence electrons. The van der Waals surface area contributed by atoms with E-state index in [4.69, 9.17) is 16.3 Å². The lowest BCUT2D eigenvalue weighted by Crippen LogP contribution is -2.14. The van der Waals surface area contributed by atoms with E-state index >= 15 is 0 Å². The molecular weight excluding hydrogens is 352 g/mol. The molecule has 4 rings (SSSR count). The van der Waals surface area contributed by atoms with Crippen molar-refractivity contribution < 1.29 is 9.53 Å². The van der Waals surface area contributed by atoms with Crippen molar-refractivity contribution in [2.75, 3.05) is 7.11 Å². The zero-order chi connectivity index (χ0) is 18.4. The van der Waals surface area contributed by atoms with Gasteiger partial charge in [0, 0.05) is 5.92 Å². The fourth-order valence-electron chi connectivity index (χ4n) is 3.89. The molecule has 26 heavy (non-hydrogen) atoms. The number of hydrogen-bond donors (Lipinski definition) is 0. The van der Waals surface area contributed by atoms with Crippen molar-refractivity contribution >= 4 is 34.3 Å². The Labute approximate surface area is 156 Å². The highest BCUT2D eigenvalue weighted by Gasteiger charge is 2.26. The molecule has 6 nitrogen and oxygen atoms in total. The monoisotopic (exact) mass is 372 g/mol. The van der Waals surface area contributed by atoms with Crippen LogP contribution in [0.5, 0.6) is 0 Å². The van der Waals surface area contributed by atoms with Gasteiger partial charge < -0.3 is 4.74 Å². The fourth-order valence-corrected chi connectivity index (χ4v) is 4.10. The number of nitrogens with zero attached hydrogens (tertiary/aromatic N) is 4. The van der Waals surface area contributed by atoms with Crippen molar-refractivity contribution in [3.63, 3.8) is 0 Å². The minimum Gasteiger partial charge on any atom is -0.465 e. The number of aryl methyl sites for hydroxylation is 1. The van der Waals surface area contributed by atoms with E-state index in [0.717, 1.165) is 35.7 Å². The SMILES string of the molecule is COC(=O)c1cc2nc(Cl)c3nnc([C@H]4CC[C@H](C)CC4)n3c2cc1C. The van der Waals surface area contributed by atoms with Crippen LogP contribution in [-0.2, 0) is 4.74 Å². The Hall–Kier alpha value is -2.21. The number of ether oxygens (including phenoxy) is 1. The van der Waals surface area contributed by atoms with Crippen LogP contribution in [0.25, 0.3) is 16.7 Å². The normalized spacial score (nSPS) is 20.6. The zero-order valence-corrected chi connectivity index (χ0v) is 15.9. The number of carbonyl (C=O) groups excluding carboxylic acids is 1. The summed E-state index contributed by atoms with van der Waals surface area (Å²) in [7, 11) is 1.37. The van der Waals surface area contributed by atoms with Crippen LogP contribution in [0.3, 0.4) is 0 Å². The average molecular weight is 373 g/mol. The van der Waals surface area contributed by atoms with Crippen LogP contribution in [0.1, 0.15) is 60.3 Å². The van der Waals surface area contributed by atoms with Gasteiger partial charge in [-0.05, 0) is 43.4 Å². The third-order valence-electron chi connectivity index (χ3n) is 5.44. The highest BCUT2D eigenvalue weighted by Crippen LogP contribution is 2.36. The summed E-state index contributed by atoms with van der Waals surface area (Å²) >= 11 is 6.37. The van der Waals surface area contributed by atoms with E-state index in [0.29, 0.717) is 27.8 Å². The van der Waals surface area contributed by atoms with E-state index in [2.05, 4.69) is 22.1 Å². The summed E-state index contributed by atoms with van der Waals surface area (Å²) < 4.78 is 6.88. The molecule has 1 fully saturated rings. The highest BCUT2D eigenvalue weighted by atomic mass is 35.5. The molecule has 2 heterocycles. The Morgan fingerprint density at radius 3 is 2.65 bits per heavy atom. The lowest BCUT2D eigenvalue weighted by atomic mass is 9.82. The summed E-state index contributed by atoms with van der Waals surface area (Å²) in [5.74, 6) is 1.68. The van der Waals surface area contributed by atoms with Crippen LogP contribution in [0.15, 0.2) is 12.1 Å². The van der Waals surface area contributed by atoms with Gasteiger partial charge in [0.05, 0.1) is 23.7 Å². The lowest BCUT2D eigenvalue weighted by molar-refractivity contribution is 0.0600. The minimum absolute atomic E-state index is 0.292. The third kappa shape index (κ3) is 2.72. The number of benzene rings is 1. The fraction of sp³-hybridized carbons (Fsp3) is 0.474. The van der Waals surface area contributed by atoms with Gasteiger partial charge in [0.15, 0.2) is 10.8 Å². The van der Waals surface area contributed by atoms with Crippen molar-refractivity contribution in [2.24, 2.45) is 5.92 Å². The van der Waals surface area contributed by atoms with Gasteiger partial charge in [0.2, 0.25) is 0 Å². The number of methoxy groups -OCH3 is 1. The molecule has 0 aliphatic heterocycles. The number of carbonyl (C=O) groups is 1. The topological polar surface area (TPSA) is 69.4 Å². The number of esters is 1. The van der Waals surface area contributed by atoms with Crippen molar-refractivity contribution in [1.82, 2.24) is 19.6 Å². The number of fused-ring (bicyclic) bond motifs is 3. The molecule has 0 bridgehead atoms. The second-order valence-corrected chi connectivity index (χ2v) is 7.58. The molecule has 7 heteroatoms. The zero-order valence-electron chi connectivity index (χ0n) is 15.1. The first-order chi connectivity index (χ1) is 12.5. The standard InChI is InChI=1S/C19H21ClN4O2/c1-10-4-6-12(7-5-10)17-22-23-18-16(20)21-14-9-13(19(25)26-3)11(2)8-15(14)24(17)18/h8-10,12H,4-7H2,1-3H3/t10-,12-. The van der Waals surface area contributed by atoms with E-state index in [-0.39, 0.29) is 5.97 Å². The average Bonchev–Trinajstić information content (AvgIpc) is 3.08. The van der Waals surface area contributed by atoms with E-state index in [9.17, 15) is 4.79 Å². The van der Waals surface area contributed by atoms with Crippen LogP contribution in [0.2, 0.25) is 5.15 Å². The van der Waals surface area contributed by atoms with Crippen molar-refractivity contribution in [2.45, 2.75) is 45.4 Å². The summed E-state index contributed by atoms with van der Waals surface area (Å²) in [5.41, 5.74) is 3.39. The molecule has 0 unspecified atom stereocenters. The first kappa shape index (κ1) is 17.2. The van der Waals surface area contributed by atoms with Crippen LogP contribution >= 0.6 is 11.6 Å². The summed E-state index contributed by atoms with van der Waals surface area (Å²) in [4.78, 5) is 16.4. The van der Waals surface area contributed by atoms with Gasteiger partial charge in [-0.1, -0.05) is 31.4 Å². The molecule has 0 N–H and O–H groups in total. The second kappa shape index (κ2) is 6.50. The maximum atomic E-state index is 12.0. The number of rotatable bonds is 2. The molecule has 1 aliphatic rings. The summed E-state index contributed by atoms with van der Waals surface area (Å²) in [5, 5.41) is 9.04. The summed E-state index contributed by atoms with van der Waals surface area (Å²) in [6.45, 7) is 4.19. The van der Waals surface area contributed by atoms with Gasteiger partial charge in [0.1, 0.15) is 5.82 Å². The smallest absolute Gasteiger partial charge is 0.338 e. The molecular formula is C19H21ClN4O2. The quantitative estimate of drug-likeness (QED) is 0.626. The van der Waals surface area contributed by atoms with Crippen molar-refractivity contribution in [3.05, 3.63) is 34.2 Å². The molecule has 1 saturated carbocycles. The van der Waals surface area contributed by atoms with Crippen LogP contribution in [0.4, 0.5) is 0 Å². The van der Waals surface area contributed by atoms with Crippen molar-refractivity contribution in [1.29, 1.82) is 0 Å². The van der Waals surface area contributed by atoms with E-state index in [1.165, 1.54) is 20.0 Å². The number of hydrogen-bond acceptors (Lipinski definition) is 5. The lowest BCUT2D eigenvalue weighted by Gasteiger charge is -2.25. The Bertz CT molecular complexity index is 1010. The second-order valence-electron chi connectivity index (χ2n) is 7.22. The van der Waals surface area contributed by atoms with E-state index in [1.54, 1.807) is 6.07 Å². The molecule has 0 amide bonds. The Balaban J connectivity index is 1.94. The maximum absolute atomic E-state index is 12.0. The van der Waals surface area contributed by atoms with E-state index < -0.39 is 0 Å². The van der Waals surface area contributed by atoms with Gasteiger partial charge in [-0.15, -0.1) is 10.2 Å². The summed E-state index contributed by atoms with van der Waals surface area (Å²) in [6, 6.07) is 3.67.